The van der Waals surface area contributed by atoms with Gasteiger partial charge in [-0.2, -0.15) is 0 Å². The quantitative estimate of drug-likeness (QED) is 0.749. The fourth-order valence-electron chi connectivity index (χ4n) is 2.86. The van der Waals surface area contributed by atoms with Crippen molar-refractivity contribution in [1.29, 1.82) is 0 Å². The maximum absolute atomic E-state index is 3.65. The van der Waals surface area contributed by atoms with Crippen molar-refractivity contribution in [1.82, 2.24) is 10.2 Å². The van der Waals surface area contributed by atoms with E-state index in [1.54, 1.807) is 0 Å². The fourth-order valence-corrected chi connectivity index (χ4v) is 2.86. The van der Waals surface area contributed by atoms with Gasteiger partial charge in [-0.15, -0.1) is 0 Å². The molecule has 1 atom stereocenters. The molecule has 1 unspecified atom stereocenters. The Morgan fingerprint density at radius 3 is 2.67 bits per heavy atom. The molecule has 2 heteroatoms. The molecule has 88 valence electrons. The van der Waals surface area contributed by atoms with Crippen LogP contribution in [0.4, 0.5) is 0 Å². The molecule has 0 bridgehead atoms. The van der Waals surface area contributed by atoms with Gasteiger partial charge in [-0.1, -0.05) is 20.8 Å². The highest BCUT2D eigenvalue weighted by molar-refractivity contribution is 4.96. The van der Waals surface area contributed by atoms with E-state index >= 15 is 0 Å². The van der Waals surface area contributed by atoms with Crippen LogP contribution in [0.3, 0.4) is 0 Å². The Morgan fingerprint density at radius 2 is 2.13 bits per heavy atom. The second-order valence-corrected chi connectivity index (χ2v) is 5.90. The molecule has 0 aromatic heterocycles. The van der Waals surface area contributed by atoms with Crippen LogP contribution >= 0.6 is 0 Å². The standard InChI is InChI=1S/C13H26N2/c1-4-13(6-7-13)10-15-8-5-12(9-15)14-11(2)3/h11-12,14H,4-10H2,1-3H3. The molecular formula is C13H26N2. The Bertz CT molecular complexity index is 209. The van der Waals surface area contributed by atoms with Crippen LogP contribution in [-0.2, 0) is 0 Å². The molecule has 1 saturated carbocycles. The molecule has 15 heavy (non-hydrogen) atoms. The summed E-state index contributed by atoms with van der Waals surface area (Å²) in [6.07, 6.45) is 5.67. The number of nitrogens with one attached hydrogen (secondary N) is 1. The number of hydrogen-bond acceptors (Lipinski definition) is 2. The zero-order valence-corrected chi connectivity index (χ0v) is 10.6. The second-order valence-electron chi connectivity index (χ2n) is 5.90. The zero-order chi connectivity index (χ0) is 10.9. The molecule has 0 amide bonds. The Labute approximate surface area is 94.4 Å². The van der Waals surface area contributed by atoms with Gasteiger partial charge in [-0.25, -0.2) is 0 Å². The molecule has 2 fully saturated rings. The van der Waals surface area contributed by atoms with Gasteiger partial charge in [-0.05, 0) is 37.6 Å². The van der Waals surface area contributed by atoms with Crippen molar-refractivity contribution in [3.63, 3.8) is 0 Å². The lowest BCUT2D eigenvalue weighted by atomic mass is 10.0. The summed E-state index contributed by atoms with van der Waals surface area (Å²) in [5.74, 6) is 0. The average molecular weight is 210 g/mol. The second kappa shape index (κ2) is 4.42. The average Bonchev–Trinajstić information content (AvgIpc) is 2.82. The first kappa shape index (κ1) is 11.4. The minimum Gasteiger partial charge on any atom is -0.310 e. The Hall–Kier alpha value is -0.0800. The van der Waals surface area contributed by atoms with Crippen LogP contribution in [0.25, 0.3) is 0 Å². The molecular weight excluding hydrogens is 184 g/mol. The first-order chi connectivity index (χ1) is 7.13. The summed E-state index contributed by atoms with van der Waals surface area (Å²) in [7, 11) is 0. The van der Waals surface area contributed by atoms with E-state index in [1.165, 1.54) is 45.3 Å². The zero-order valence-electron chi connectivity index (χ0n) is 10.6. The van der Waals surface area contributed by atoms with Crippen LogP contribution in [0.1, 0.15) is 46.5 Å². The SMILES string of the molecule is CCC1(CN2CCC(NC(C)C)C2)CC1. The largest absolute Gasteiger partial charge is 0.310 e. The van der Waals surface area contributed by atoms with Crippen molar-refractivity contribution in [2.24, 2.45) is 5.41 Å². The maximum Gasteiger partial charge on any atom is 0.0209 e. The van der Waals surface area contributed by atoms with Gasteiger partial charge in [0.15, 0.2) is 0 Å². The smallest absolute Gasteiger partial charge is 0.0209 e. The molecule has 2 rings (SSSR count). The third-order valence-electron chi connectivity index (χ3n) is 4.11. The van der Waals surface area contributed by atoms with Crippen LogP contribution in [0, 0.1) is 5.41 Å². The first-order valence-electron chi connectivity index (χ1n) is 6.62. The van der Waals surface area contributed by atoms with Gasteiger partial charge in [0.05, 0.1) is 0 Å². The van der Waals surface area contributed by atoms with E-state index in [0.717, 1.165) is 11.5 Å². The number of likely N-dealkylation sites (tertiary alicyclic amines) is 1. The van der Waals surface area contributed by atoms with E-state index in [2.05, 4.69) is 31.0 Å². The summed E-state index contributed by atoms with van der Waals surface area (Å²) >= 11 is 0. The summed E-state index contributed by atoms with van der Waals surface area (Å²) in [5, 5.41) is 3.65. The molecule has 1 saturated heterocycles. The van der Waals surface area contributed by atoms with Gasteiger partial charge in [0.25, 0.3) is 0 Å². The summed E-state index contributed by atoms with van der Waals surface area (Å²) in [6.45, 7) is 10.8. The molecule has 2 nitrogen and oxygen atoms in total. The van der Waals surface area contributed by atoms with Crippen molar-refractivity contribution in [2.45, 2.75) is 58.5 Å². The van der Waals surface area contributed by atoms with Crippen LogP contribution in [0.5, 0.6) is 0 Å². The molecule has 0 aromatic carbocycles. The number of nitrogens with zero attached hydrogens (tertiary/aromatic N) is 1. The van der Waals surface area contributed by atoms with E-state index in [1.807, 2.05) is 0 Å². The minimum atomic E-state index is 0.635. The maximum atomic E-state index is 3.65. The molecule has 0 aromatic rings. The molecule has 2 aliphatic rings. The van der Waals surface area contributed by atoms with Crippen LogP contribution in [-0.4, -0.2) is 36.6 Å². The van der Waals surface area contributed by atoms with Gasteiger partial charge >= 0.3 is 0 Å². The Kier molecular flexibility index (Phi) is 3.36. The van der Waals surface area contributed by atoms with E-state index < -0.39 is 0 Å². The number of hydrogen-bond donors (Lipinski definition) is 1. The van der Waals surface area contributed by atoms with E-state index in [-0.39, 0.29) is 0 Å². The topological polar surface area (TPSA) is 15.3 Å². The van der Waals surface area contributed by atoms with Crippen molar-refractivity contribution >= 4 is 0 Å². The van der Waals surface area contributed by atoms with Crippen molar-refractivity contribution in [2.75, 3.05) is 19.6 Å². The van der Waals surface area contributed by atoms with Crippen molar-refractivity contribution in [3.8, 4) is 0 Å². The van der Waals surface area contributed by atoms with Crippen LogP contribution in [0.2, 0.25) is 0 Å². The normalized spacial score (nSPS) is 30.0. The third-order valence-corrected chi connectivity index (χ3v) is 4.11. The van der Waals surface area contributed by atoms with E-state index in [9.17, 15) is 0 Å². The van der Waals surface area contributed by atoms with E-state index in [4.69, 9.17) is 0 Å². The first-order valence-corrected chi connectivity index (χ1v) is 6.62. The lowest BCUT2D eigenvalue weighted by Gasteiger charge is -2.23. The fraction of sp³-hybridized carbons (Fsp3) is 1.00. The highest BCUT2D eigenvalue weighted by Gasteiger charge is 2.42. The molecule has 1 aliphatic heterocycles. The lowest BCUT2D eigenvalue weighted by molar-refractivity contribution is 0.252. The molecule has 1 heterocycles. The van der Waals surface area contributed by atoms with E-state index in [0.29, 0.717) is 6.04 Å². The predicted octanol–water partition coefficient (Wildman–Crippen LogP) is 2.25. The van der Waals surface area contributed by atoms with Gasteiger partial charge in [-0.3, -0.25) is 0 Å². The Balaban J connectivity index is 1.73. The third kappa shape index (κ3) is 2.94. The molecule has 0 radical (unpaired) electrons. The van der Waals surface area contributed by atoms with Gasteiger partial charge in [0, 0.05) is 25.2 Å². The molecule has 1 N–H and O–H groups in total. The molecule has 0 spiro atoms. The van der Waals surface area contributed by atoms with Gasteiger partial charge in [0.2, 0.25) is 0 Å². The van der Waals surface area contributed by atoms with Crippen LogP contribution in [0.15, 0.2) is 0 Å². The molecule has 1 aliphatic carbocycles. The summed E-state index contributed by atoms with van der Waals surface area (Å²) in [6, 6.07) is 1.38. The van der Waals surface area contributed by atoms with Gasteiger partial charge in [0.1, 0.15) is 0 Å². The highest BCUT2D eigenvalue weighted by Crippen LogP contribution is 2.49. The summed E-state index contributed by atoms with van der Waals surface area (Å²) in [5.41, 5.74) is 0.729. The Morgan fingerprint density at radius 1 is 1.40 bits per heavy atom. The highest BCUT2D eigenvalue weighted by atomic mass is 15.2. The van der Waals surface area contributed by atoms with Crippen molar-refractivity contribution < 1.29 is 0 Å². The monoisotopic (exact) mass is 210 g/mol. The lowest BCUT2D eigenvalue weighted by Crippen LogP contribution is -2.38. The predicted molar refractivity (Wildman–Crippen MR) is 65.1 cm³/mol. The summed E-state index contributed by atoms with van der Waals surface area (Å²) in [4.78, 5) is 2.68. The number of rotatable bonds is 5. The van der Waals surface area contributed by atoms with Crippen LogP contribution < -0.4 is 5.32 Å². The van der Waals surface area contributed by atoms with Gasteiger partial charge < -0.3 is 10.2 Å². The minimum absolute atomic E-state index is 0.635. The van der Waals surface area contributed by atoms with Crippen molar-refractivity contribution in [3.05, 3.63) is 0 Å². The summed E-state index contributed by atoms with van der Waals surface area (Å²) < 4.78 is 0.